The Morgan fingerprint density at radius 2 is 1.81 bits per heavy atom. The molecule has 0 bridgehead atoms. The molecule has 1 aromatic carbocycles. The molecular formula is C25H30O2. The van der Waals surface area contributed by atoms with Crippen LogP contribution in [0.5, 0.6) is 0 Å². The Bertz CT molecular complexity index is 818. The summed E-state index contributed by atoms with van der Waals surface area (Å²) in [5.74, 6) is 2.69. The first kappa shape index (κ1) is 16.5. The van der Waals surface area contributed by atoms with Gasteiger partial charge >= 0.3 is 0 Å². The van der Waals surface area contributed by atoms with Crippen molar-refractivity contribution in [3.8, 4) is 0 Å². The monoisotopic (exact) mass is 362 g/mol. The molecule has 0 aromatic heterocycles. The lowest BCUT2D eigenvalue weighted by Gasteiger charge is -2.50. The zero-order chi connectivity index (χ0) is 18.2. The lowest BCUT2D eigenvalue weighted by molar-refractivity contribution is -0.122. The van der Waals surface area contributed by atoms with Crippen LogP contribution < -0.4 is 0 Å². The molecule has 142 valence electrons. The van der Waals surface area contributed by atoms with Gasteiger partial charge in [0.05, 0.1) is 12.2 Å². The molecule has 0 radical (unpaired) electrons. The molecule has 3 unspecified atom stereocenters. The first-order valence-corrected chi connectivity index (χ1v) is 11.0. The number of ether oxygens (including phenoxy) is 1. The van der Waals surface area contributed by atoms with Crippen molar-refractivity contribution < 1.29 is 9.53 Å². The molecular weight excluding hydrogens is 332 g/mol. The SMILES string of the molecule is C[C@]12CCC3=C4CC(c5ccccc5)C(=O)CC4CC[C@H]3[C@@H]1CCC21CO1. The molecule has 5 aliphatic rings. The lowest BCUT2D eigenvalue weighted by Crippen LogP contribution is -2.44. The summed E-state index contributed by atoms with van der Waals surface area (Å²) in [6.07, 6.45) is 9.49. The number of Topliss-reactive ketones (excluding diaryl/α,β-unsaturated/α-hetero) is 1. The van der Waals surface area contributed by atoms with Crippen molar-refractivity contribution in [2.24, 2.45) is 23.2 Å². The van der Waals surface area contributed by atoms with E-state index in [9.17, 15) is 4.79 Å². The number of ketones is 1. The van der Waals surface area contributed by atoms with Crippen molar-refractivity contribution in [3.63, 3.8) is 0 Å². The van der Waals surface area contributed by atoms with Crippen LogP contribution in [0.25, 0.3) is 0 Å². The molecule has 2 heteroatoms. The molecule has 6 rings (SSSR count). The van der Waals surface area contributed by atoms with Gasteiger partial charge in [0.1, 0.15) is 5.78 Å². The molecule has 1 aliphatic heterocycles. The van der Waals surface area contributed by atoms with E-state index >= 15 is 0 Å². The third kappa shape index (κ3) is 2.20. The summed E-state index contributed by atoms with van der Waals surface area (Å²) in [5, 5.41) is 0. The molecule has 1 aromatic rings. The maximum absolute atomic E-state index is 12.9. The summed E-state index contributed by atoms with van der Waals surface area (Å²) in [6, 6.07) is 10.5. The molecule has 4 aliphatic carbocycles. The summed E-state index contributed by atoms with van der Waals surface area (Å²) >= 11 is 0. The van der Waals surface area contributed by atoms with Crippen molar-refractivity contribution in [3.05, 3.63) is 47.0 Å². The van der Waals surface area contributed by atoms with E-state index in [1.165, 1.54) is 44.1 Å². The second-order valence-corrected chi connectivity index (χ2v) is 10.1. The Hall–Kier alpha value is -1.41. The number of benzene rings is 1. The zero-order valence-electron chi connectivity index (χ0n) is 16.4. The van der Waals surface area contributed by atoms with E-state index in [1.807, 2.05) is 0 Å². The van der Waals surface area contributed by atoms with Gasteiger partial charge in [-0.2, -0.15) is 0 Å². The van der Waals surface area contributed by atoms with E-state index in [4.69, 9.17) is 4.74 Å². The average molecular weight is 363 g/mol. The minimum Gasteiger partial charge on any atom is -0.369 e. The van der Waals surface area contributed by atoms with Crippen LogP contribution >= 0.6 is 0 Å². The predicted molar refractivity (Wildman–Crippen MR) is 105 cm³/mol. The highest BCUT2D eigenvalue weighted by atomic mass is 16.6. The summed E-state index contributed by atoms with van der Waals surface area (Å²) in [5.41, 5.74) is 5.33. The highest BCUT2D eigenvalue weighted by molar-refractivity contribution is 5.88. The van der Waals surface area contributed by atoms with E-state index in [-0.39, 0.29) is 11.5 Å². The highest BCUT2D eigenvalue weighted by Crippen LogP contribution is 2.68. The maximum atomic E-state index is 12.9. The van der Waals surface area contributed by atoms with Gasteiger partial charge in [0.2, 0.25) is 0 Å². The molecule has 3 saturated carbocycles. The second kappa shape index (κ2) is 5.56. The summed E-state index contributed by atoms with van der Waals surface area (Å²) in [6.45, 7) is 3.54. The van der Waals surface area contributed by atoms with E-state index in [0.29, 0.717) is 17.1 Å². The van der Waals surface area contributed by atoms with Gasteiger partial charge in [0.15, 0.2) is 0 Å². The highest BCUT2D eigenvalue weighted by Gasteiger charge is 2.68. The minimum absolute atomic E-state index is 0.0960. The quantitative estimate of drug-likeness (QED) is 0.492. The van der Waals surface area contributed by atoms with Crippen LogP contribution in [0, 0.1) is 23.2 Å². The number of carbonyl (C=O) groups is 1. The fourth-order valence-electron chi connectivity index (χ4n) is 7.60. The fraction of sp³-hybridized carbons (Fsp3) is 0.640. The average Bonchev–Trinajstić information content (AvgIpc) is 3.42. The van der Waals surface area contributed by atoms with Crippen molar-refractivity contribution in [1.29, 1.82) is 0 Å². The minimum atomic E-state index is 0.0960. The van der Waals surface area contributed by atoms with Gasteiger partial charge in [-0.25, -0.2) is 0 Å². The van der Waals surface area contributed by atoms with Crippen LogP contribution in [0.1, 0.15) is 69.8 Å². The Morgan fingerprint density at radius 1 is 1.00 bits per heavy atom. The van der Waals surface area contributed by atoms with Gasteiger partial charge in [-0.05, 0) is 68.3 Å². The molecule has 4 fully saturated rings. The Balaban J connectivity index is 1.36. The van der Waals surface area contributed by atoms with E-state index < -0.39 is 0 Å². The first-order valence-electron chi connectivity index (χ1n) is 11.0. The van der Waals surface area contributed by atoms with Gasteiger partial charge in [0.25, 0.3) is 0 Å². The number of allylic oxidation sites excluding steroid dienone is 2. The van der Waals surface area contributed by atoms with Gasteiger partial charge in [-0.1, -0.05) is 48.4 Å². The standard InChI is InChI=1S/C25H30O2/c1-24-11-9-18-19(22(24)10-12-25(24)15-27-25)8-7-17-13-23(26)21(14-20(17)18)16-5-3-2-4-6-16/h2-6,17,19,21-22H,7-15H2,1H3/t17?,19-,21?,22+,24+,25?/m1/s1. The molecule has 2 nitrogen and oxygen atoms in total. The Labute approximate surface area is 162 Å². The molecule has 27 heavy (non-hydrogen) atoms. The predicted octanol–water partition coefficient (Wildman–Crippen LogP) is 5.44. The van der Waals surface area contributed by atoms with E-state index in [1.54, 1.807) is 11.1 Å². The number of rotatable bonds is 1. The summed E-state index contributed by atoms with van der Waals surface area (Å²) in [4.78, 5) is 12.9. The van der Waals surface area contributed by atoms with Crippen LogP contribution in [0.2, 0.25) is 0 Å². The second-order valence-electron chi connectivity index (χ2n) is 10.1. The largest absolute Gasteiger partial charge is 0.369 e. The maximum Gasteiger partial charge on any atom is 0.141 e. The van der Waals surface area contributed by atoms with Crippen LogP contribution in [0.4, 0.5) is 0 Å². The van der Waals surface area contributed by atoms with Crippen molar-refractivity contribution in [2.45, 2.75) is 69.8 Å². The molecule has 0 N–H and O–H groups in total. The number of carbonyl (C=O) groups excluding carboxylic acids is 1. The third-order valence-electron chi connectivity index (χ3n) is 9.25. The summed E-state index contributed by atoms with van der Waals surface area (Å²) in [7, 11) is 0. The van der Waals surface area contributed by atoms with Gasteiger partial charge < -0.3 is 4.74 Å². The number of fused-ring (bicyclic) bond motifs is 5. The van der Waals surface area contributed by atoms with Crippen molar-refractivity contribution >= 4 is 5.78 Å². The Morgan fingerprint density at radius 3 is 2.59 bits per heavy atom. The smallest absolute Gasteiger partial charge is 0.141 e. The van der Waals surface area contributed by atoms with E-state index in [0.717, 1.165) is 31.3 Å². The number of epoxide rings is 1. The molecule has 1 saturated heterocycles. The van der Waals surface area contributed by atoms with Gasteiger partial charge in [0, 0.05) is 17.8 Å². The topological polar surface area (TPSA) is 29.6 Å². The summed E-state index contributed by atoms with van der Waals surface area (Å²) < 4.78 is 6.04. The zero-order valence-corrected chi connectivity index (χ0v) is 16.4. The molecule has 0 amide bonds. The van der Waals surface area contributed by atoms with Crippen molar-refractivity contribution in [1.82, 2.24) is 0 Å². The van der Waals surface area contributed by atoms with Gasteiger partial charge in [-0.15, -0.1) is 0 Å². The normalized spacial score (nSPS) is 45.4. The van der Waals surface area contributed by atoms with Crippen LogP contribution in [-0.2, 0) is 9.53 Å². The van der Waals surface area contributed by atoms with Crippen molar-refractivity contribution in [2.75, 3.05) is 6.61 Å². The third-order valence-corrected chi connectivity index (χ3v) is 9.25. The molecule has 6 atom stereocenters. The molecule has 1 heterocycles. The van der Waals surface area contributed by atoms with E-state index in [2.05, 4.69) is 37.3 Å². The first-order chi connectivity index (χ1) is 13.1. The van der Waals surface area contributed by atoms with Crippen LogP contribution in [-0.4, -0.2) is 18.0 Å². The molecule has 1 spiro atoms. The Kier molecular flexibility index (Phi) is 3.41. The lowest BCUT2D eigenvalue weighted by atomic mass is 9.54. The van der Waals surface area contributed by atoms with Crippen LogP contribution in [0.15, 0.2) is 41.5 Å². The van der Waals surface area contributed by atoms with Gasteiger partial charge in [-0.3, -0.25) is 4.79 Å². The number of hydrogen-bond donors (Lipinski definition) is 0. The fourth-order valence-corrected chi connectivity index (χ4v) is 7.60. The number of hydrogen-bond acceptors (Lipinski definition) is 2. The van der Waals surface area contributed by atoms with Crippen LogP contribution in [0.3, 0.4) is 0 Å².